The third kappa shape index (κ3) is 3.65. The average molecular weight is 390 g/mol. The molecule has 0 unspecified atom stereocenters. The highest BCUT2D eigenvalue weighted by Gasteiger charge is 2.28. The minimum Gasteiger partial charge on any atom is -0.473 e. The second-order valence-electron chi connectivity index (χ2n) is 8.14. The number of ether oxygens (including phenoxy) is 1. The Kier molecular flexibility index (Phi) is 4.79. The summed E-state index contributed by atoms with van der Waals surface area (Å²) in [6, 6.07) is 6.87. The quantitative estimate of drug-likeness (QED) is 0.649. The largest absolute Gasteiger partial charge is 0.473 e. The van der Waals surface area contributed by atoms with E-state index >= 15 is 0 Å². The molecular weight excluding hydrogens is 364 g/mol. The molecule has 1 aliphatic heterocycles. The van der Waals surface area contributed by atoms with Crippen LogP contribution in [-0.4, -0.2) is 32.6 Å². The Balaban J connectivity index is 1.30. The molecule has 3 aromatic heterocycles. The summed E-state index contributed by atoms with van der Waals surface area (Å²) in [6.07, 6.45) is 8.95. The van der Waals surface area contributed by atoms with Gasteiger partial charge in [-0.25, -0.2) is 4.98 Å². The molecule has 29 heavy (non-hydrogen) atoms. The fourth-order valence-corrected chi connectivity index (χ4v) is 4.12. The molecule has 4 heterocycles. The Labute approximate surface area is 170 Å². The van der Waals surface area contributed by atoms with Crippen molar-refractivity contribution in [1.82, 2.24) is 20.0 Å². The van der Waals surface area contributed by atoms with Crippen LogP contribution < -0.4 is 4.74 Å². The molecule has 1 fully saturated rings. The van der Waals surface area contributed by atoms with Crippen LogP contribution >= 0.6 is 0 Å². The van der Waals surface area contributed by atoms with Gasteiger partial charge in [0.1, 0.15) is 18.1 Å². The first kappa shape index (κ1) is 18.3. The zero-order valence-electron chi connectivity index (χ0n) is 17.0. The number of aromatic nitrogens is 3. The summed E-state index contributed by atoms with van der Waals surface area (Å²) in [5.41, 5.74) is 6.32. The van der Waals surface area contributed by atoms with Gasteiger partial charge >= 0.3 is 0 Å². The van der Waals surface area contributed by atoms with Gasteiger partial charge in [0.05, 0.1) is 5.56 Å². The van der Waals surface area contributed by atoms with Gasteiger partial charge in [-0.2, -0.15) is 0 Å². The van der Waals surface area contributed by atoms with E-state index in [1.54, 1.807) is 0 Å². The maximum Gasteiger partial charge on any atom is 0.213 e. The van der Waals surface area contributed by atoms with Crippen LogP contribution in [0.1, 0.15) is 47.4 Å². The normalized spacial score (nSPS) is 17.0. The van der Waals surface area contributed by atoms with Crippen molar-refractivity contribution in [3.05, 3.63) is 58.7 Å². The molecule has 0 bridgehead atoms. The molecule has 1 aliphatic carbocycles. The van der Waals surface area contributed by atoms with Gasteiger partial charge in [-0.3, -0.25) is 9.88 Å². The smallest absolute Gasteiger partial charge is 0.213 e. The Hall–Kier alpha value is -2.73. The maximum absolute atomic E-state index is 6.04. The number of hydrogen-bond acceptors (Lipinski definition) is 6. The Morgan fingerprint density at radius 3 is 2.79 bits per heavy atom. The molecule has 0 N–H and O–H groups in total. The standard InChI is InChI=1S/C23H26N4O2/c1-15-6-7-18(11-24-15)23-21(16(2)29-26-23)14-28-22-10-17-8-9-27(20-4-3-5-20)13-19(17)12-25-22/h6-7,10-12,20H,3-5,8-9,13-14H2,1-2H3. The van der Waals surface area contributed by atoms with E-state index in [4.69, 9.17) is 9.26 Å². The van der Waals surface area contributed by atoms with Gasteiger partial charge in [-0.15, -0.1) is 0 Å². The minimum absolute atomic E-state index is 0.374. The summed E-state index contributed by atoms with van der Waals surface area (Å²) in [5, 5.41) is 4.22. The van der Waals surface area contributed by atoms with Crippen LogP contribution in [0.5, 0.6) is 5.88 Å². The Bertz CT molecular complexity index is 1010. The molecular formula is C23H26N4O2. The first-order chi connectivity index (χ1) is 14.2. The van der Waals surface area contributed by atoms with Crippen LogP contribution in [0.25, 0.3) is 11.3 Å². The molecule has 0 spiro atoms. The molecule has 1 saturated carbocycles. The summed E-state index contributed by atoms with van der Waals surface area (Å²) in [4.78, 5) is 11.5. The lowest BCUT2D eigenvalue weighted by molar-refractivity contribution is 0.113. The minimum atomic E-state index is 0.374. The van der Waals surface area contributed by atoms with Gasteiger partial charge in [-0.1, -0.05) is 11.6 Å². The molecule has 0 amide bonds. The Morgan fingerprint density at radius 1 is 1.14 bits per heavy atom. The monoisotopic (exact) mass is 390 g/mol. The van der Waals surface area contributed by atoms with Crippen molar-refractivity contribution in [2.75, 3.05) is 6.54 Å². The number of aryl methyl sites for hydroxylation is 2. The topological polar surface area (TPSA) is 64.3 Å². The van der Waals surface area contributed by atoms with Gasteiger partial charge in [0, 0.05) is 48.8 Å². The van der Waals surface area contributed by atoms with Crippen LogP contribution in [-0.2, 0) is 19.6 Å². The van der Waals surface area contributed by atoms with Crippen LogP contribution in [0.15, 0.2) is 35.1 Å². The van der Waals surface area contributed by atoms with E-state index in [1.807, 2.05) is 38.4 Å². The highest BCUT2D eigenvalue weighted by atomic mass is 16.5. The van der Waals surface area contributed by atoms with Gasteiger partial charge in [0.2, 0.25) is 5.88 Å². The van der Waals surface area contributed by atoms with Gasteiger partial charge < -0.3 is 9.26 Å². The third-order valence-electron chi connectivity index (χ3n) is 6.22. The summed E-state index contributed by atoms with van der Waals surface area (Å²) >= 11 is 0. The van der Waals surface area contributed by atoms with Gasteiger partial charge in [0.15, 0.2) is 0 Å². The van der Waals surface area contributed by atoms with E-state index in [0.717, 1.165) is 53.8 Å². The van der Waals surface area contributed by atoms with E-state index in [1.165, 1.54) is 30.4 Å². The SMILES string of the molecule is Cc1ccc(-c2noc(C)c2COc2cc3c(cn2)CN(C2CCC2)CC3)cn1. The number of nitrogens with zero attached hydrogens (tertiary/aromatic N) is 4. The van der Waals surface area contributed by atoms with Crippen molar-refractivity contribution in [2.45, 2.75) is 58.7 Å². The summed E-state index contributed by atoms with van der Waals surface area (Å²) in [5.74, 6) is 1.42. The fourth-order valence-electron chi connectivity index (χ4n) is 4.12. The van der Waals surface area contributed by atoms with Crippen LogP contribution in [0.2, 0.25) is 0 Å². The van der Waals surface area contributed by atoms with Crippen LogP contribution in [0.3, 0.4) is 0 Å². The molecule has 6 heteroatoms. The molecule has 5 rings (SSSR count). The van der Waals surface area contributed by atoms with E-state index in [2.05, 4.69) is 26.1 Å². The first-order valence-electron chi connectivity index (χ1n) is 10.4. The lowest BCUT2D eigenvalue weighted by Gasteiger charge is -2.40. The number of pyridine rings is 2. The predicted molar refractivity (Wildman–Crippen MR) is 110 cm³/mol. The summed E-state index contributed by atoms with van der Waals surface area (Å²) in [6.45, 7) is 6.40. The lowest BCUT2D eigenvalue weighted by Crippen LogP contribution is -2.43. The zero-order chi connectivity index (χ0) is 19.8. The van der Waals surface area contributed by atoms with E-state index in [9.17, 15) is 0 Å². The number of fused-ring (bicyclic) bond motifs is 1. The van der Waals surface area contributed by atoms with Crippen LogP contribution in [0.4, 0.5) is 0 Å². The van der Waals surface area contributed by atoms with Gasteiger partial charge in [0.25, 0.3) is 0 Å². The predicted octanol–water partition coefficient (Wildman–Crippen LogP) is 4.24. The average Bonchev–Trinajstić information content (AvgIpc) is 3.06. The van der Waals surface area contributed by atoms with E-state index in [0.29, 0.717) is 12.5 Å². The zero-order valence-corrected chi connectivity index (χ0v) is 17.0. The molecule has 0 aromatic carbocycles. The van der Waals surface area contributed by atoms with Crippen molar-refractivity contribution in [3.8, 4) is 17.1 Å². The third-order valence-corrected chi connectivity index (χ3v) is 6.22. The van der Waals surface area contributed by atoms with Crippen LogP contribution in [0, 0.1) is 13.8 Å². The number of hydrogen-bond donors (Lipinski definition) is 0. The van der Waals surface area contributed by atoms with E-state index < -0.39 is 0 Å². The second-order valence-corrected chi connectivity index (χ2v) is 8.14. The van der Waals surface area contributed by atoms with Crippen molar-refractivity contribution in [3.63, 3.8) is 0 Å². The molecule has 150 valence electrons. The highest BCUT2D eigenvalue weighted by Crippen LogP contribution is 2.31. The van der Waals surface area contributed by atoms with Crippen molar-refractivity contribution < 1.29 is 9.26 Å². The molecule has 3 aromatic rings. The maximum atomic E-state index is 6.04. The second kappa shape index (κ2) is 7.59. The molecule has 6 nitrogen and oxygen atoms in total. The first-order valence-corrected chi connectivity index (χ1v) is 10.4. The fraction of sp³-hybridized carbons (Fsp3) is 0.435. The molecule has 2 aliphatic rings. The highest BCUT2D eigenvalue weighted by molar-refractivity contribution is 5.62. The number of rotatable bonds is 5. The lowest BCUT2D eigenvalue weighted by atomic mass is 9.89. The molecule has 0 atom stereocenters. The Morgan fingerprint density at radius 2 is 2.03 bits per heavy atom. The summed E-state index contributed by atoms with van der Waals surface area (Å²) in [7, 11) is 0. The molecule has 0 radical (unpaired) electrons. The van der Waals surface area contributed by atoms with E-state index in [-0.39, 0.29) is 0 Å². The van der Waals surface area contributed by atoms with Gasteiger partial charge in [-0.05, 0) is 56.4 Å². The summed E-state index contributed by atoms with van der Waals surface area (Å²) < 4.78 is 11.5. The van der Waals surface area contributed by atoms with Crippen molar-refractivity contribution in [2.24, 2.45) is 0 Å². The van der Waals surface area contributed by atoms with Crippen molar-refractivity contribution in [1.29, 1.82) is 0 Å². The molecule has 0 saturated heterocycles. The van der Waals surface area contributed by atoms with Crippen molar-refractivity contribution >= 4 is 0 Å².